The SMILES string of the molecule is C[Si](c1ccc(OC#N)cc1)(c1ccc(OC#N)cc1)c1ccc(OC#N)cc1. The van der Waals surface area contributed by atoms with Crippen LogP contribution in [-0.4, -0.2) is 8.07 Å². The molecule has 0 amide bonds. The summed E-state index contributed by atoms with van der Waals surface area (Å²) in [5.41, 5.74) is 0. The van der Waals surface area contributed by atoms with Gasteiger partial charge in [-0.1, -0.05) is 42.9 Å². The van der Waals surface area contributed by atoms with Crippen molar-refractivity contribution in [2.24, 2.45) is 0 Å². The van der Waals surface area contributed by atoms with Crippen LogP contribution in [0.4, 0.5) is 0 Å². The van der Waals surface area contributed by atoms with E-state index in [0.717, 1.165) is 15.6 Å². The van der Waals surface area contributed by atoms with Crippen LogP contribution in [0.2, 0.25) is 6.55 Å². The molecule has 29 heavy (non-hydrogen) atoms. The first-order valence-electron chi connectivity index (χ1n) is 8.61. The van der Waals surface area contributed by atoms with Crippen LogP contribution in [-0.2, 0) is 0 Å². The Morgan fingerprint density at radius 2 is 0.759 bits per heavy atom. The summed E-state index contributed by atoms with van der Waals surface area (Å²) in [5, 5.41) is 29.4. The summed E-state index contributed by atoms with van der Waals surface area (Å²) in [6.45, 7) is 2.20. The molecular formula is C22H15N3O3Si. The third-order valence-electron chi connectivity index (χ3n) is 4.79. The summed E-state index contributed by atoms with van der Waals surface area (Å²) in [6.07, 6.45) is 5.02. The third-order valence-corrected chi connectivity index (χ3v) is 9.25. The van der Waals surface area contributed by atoms with Crippen molar-refractivity contribution in [1.29, 1.82) is 15.8 Å². The molecule has 7 heteroatoms. The van der Waals surface area contributed by atoms with Gasteiger partial charge in [0.2, 0.25) is 0 Å². The molecule has 3 aromatic carbocycles. The Morgan fingerprint density at radius 3 is 0.966 bits per heavy atom. The monoisotopic (exact) mass is 397 g/mol. The Morgan fingerprint density at radius 1 is 0.517 bits per heavy atom. The second kappa shape index (κ2) is 8.62. The Labute approximate surface area is 169 Å². The maximum Gasteiger partial charge on any atom is 0.292 e. The van der Waals surface area contributed by atoms with Crippen LogP contribution in [0.3, 0.4) is 0 Å². The highest BCUT2D eigenvalue weighted by Crippen LogP contribution is 2.16. The first-order chi connectivity index (χ1) is 14.1. The molecule has 0 saturated carbocycles. The molecule has 0 fully saturated rings. The maximum absolute atomic E-state index is 8.71. The van der Waals surface area contributed by atoms with Crippen LogP contribution in [0.15, 0.2) is 72.8 Å². The van der Waals surface area contributed by atoms with Crippen molar-refractivity contribution in [3.63, 3.8) is 0 Å². The van der Waals surface area contributed by atoms with Crippen LogP contribution in [0.5, 0.6) is 17.2 Å². The minimum Gasteiger partial charge on any atom is -0.388 e. The summed E-state index contributed by atoms with van der Waals surface area (Å²) < 4.78 is 14.7. The highest BCUT2D eigenvalue weighted by molar-refractivity contribution is 7.10. The normalized spacial score (nSPS) is 10.1. The number of hydrogen-bond acceptors (Lipinski definition) is 6. The smallest absolute Gasteiger partial charge is 0.292 e. The van der Waals surface area contributed by atoms with Crippen LogP contribution in [0, 0.1) is 34.6 Å². The van der Waals surface area contributed by atoms with Crippen molar-refractivity contribution in [3.05, 3.63) is 72.8 Å². The van der Waals surface area contributed by atoms with Crippen molar-refractivity contribution in [2.45, 2.75) is 6.55 Å². The number of rotatable bonds is 6. The van der Waals surface area contributed by atoms with Gasteiger partial charge in [0.15, 0.2) is 0 Å². The number of benzene rings is 3. The molecule has 0 aromatic heterocycles. The minimum absolute atomic E-state index is 0.475. The van der Waals surface area contributed by atoms with Crippen molar-refractivity contribution >= 4 is 23.6 Å². The molecule has 0 aliphatic carbocycles. The zero-order valence-electron chi connectivity index (χ0n) is 15.5. The van der Waals surface area contributed by atoms with E-state index in [1.165, 1.54) is 0 Å². The van der Waals surface area contributed by atoms with Gasteiger partial charge in [-0.2, -0.15) is 0 Å². The molecule has 0 heterocycles. The second-order valence-corrected chi connectivity index (χ2v) is 10.3. The van der Waals surface area contributed by atoms with E-state index in [9.17, 15) is 0 Å². The molecule has 0 aliphatic heterocycles. The fourth-order valence-electron chi connectivity index (χ4n) is 3.23. The highest BCUT2D eigenvalue weighted by Gasteiger charge is 2.34. The summed E-state index contributed by atoms with van der Waals surface area (Å²) in [4.78, 5) is 0. The summed E-state index contributed by atoms with van der Waals surface area (Å²) in [6, 6.07) is 22.3. The van der Waals surface area contributed by atoms with E-state index in [4.69, 9.17) is 30.0 Å². The van der Waals surface area contributed by atoms with Gasteiger partial charge in [-0.15, -0.1) is 15.8 Å². The van der Waals surface area contributed by atoms with Crippen LogP contribution in [0.25, 0.3) is 0 Å². The number of hydrogen-bond donors (Lipinski definition) is 0. The zero-order chi connectivity index (χ0) is 20.7. The quantitative estimate of drug-likeness (QED) is 0.360. The molecule has 0 saturated heterocycles. The summed E-state index contributed by atoms with van der Waals surface area (Å²) >= 11 is 0. The molecule has 0 spiro atoms. The van der Waals surface area contributed by atoms with Crippen LogP contribution in [0.1, 0.15) is 0 Å². The number of nitrogens with zero attached hydrogens (tertiary/aromatic N) is 3. The van der Waals surface area contributed by atoms with Gasteiger partial charge in [-0.05, 0) is 52.0 Å². The molecule has 0 bridgehead atoms. The molecule has 0 N–H and O–H groups in total. The van der Waals surface area contributed by atoms with Gasteiger partial charge in [0.05, 0.1) is 0 Å². The Bertz CT molecular complexity index is 963. The predicted octanol–water partition coefficient (Wildman–Crippen LogP) is 2.37. The largest absolute Gasteiger partial charge is 0.388 e. The van der Waals surface area contributed by atoms with Gasteiger partial charge >= 0.3 is 0 Å². The first kappa shape index (κ1) is 19.5. The molecule has 0 atom stereocenters. The van der Waals surface area contributed by atoms with E-state index < -0.39 is 8.07 Å². The Hall–Kier alpha value is -4.25. The van der Waals surface area contributed by atoms with E-state index in [0.29, 0.717) is 17.2 Å². The van der Waals surface area contributed by atoms with Crippen molar-refractivity contribution in [3.8, 4) is 36.0 Å². The van der Waals surface area contributed by atoms with E-state index in [2.05, 4.69) is 6.55 Å². The maximum atomic E-state index is 8.71. The number of nitriles is 3. The highest BCUT2D eigenvalue weighted by atomic mass is 28.3. The van der Waals surface area contributed by atoms with Gasteiger partial charge in [0.1, 0.15) is 25.3 Å². The summed E-state index contributed by atoms with van der Waals surface area (Å²) in [7, 11) is -2.43. The lowest BCUT2D eigenvalue weighted by atomic mass is 10.3. The van der Waals surface area contributed by atoms with E-state index in [1.807, 2.05) is 36.4 Å². The molecule has 0 unspecified atom stereocenters. The van der Waals surface area contributed by atoms with Crippen LogP contribution >= 0.6 is 0 Å². The number of ether oxygens (including phenoxy) is 3. The van der Waals surface area contributed by atoms with Gasteiger partial charge in [-0.25, -0.2) is 0 Å². The van der Waals surface area contributed by atoms with Gasteiger partial charge in [0, 0.05) is 0 Å². The third kappa shape index (κ3) is 4.04. The summed E-state index contributed by atoms with van der Waals surface area (Å²) in [5.74, 6) is 1.43. The molecule has 0 aliphatic rings. The fraction of sp³-hybridized carbons (Fsp3) is 0.0455. The molecule has 140 valence electrons. The van der Waals surface area contributed by atoms with Gasteiger partial charge < -0.3 is 14.2 Å². The Kier molecular flexibility index (Phi) is 5.80. The molecule has 3 aromatic rings. The van der Waals surface area contributed by atoms with Crippen molar-refractivity contribution in [1.82, 2.24) is 0 Å². The fourth-order valence-corrected chi connectivity index (χ4v) is 6.73. The lowest BCUT2D eigenvalue weighted by Crippen LogP contribution is -2.64. The topological polar surface area (TPSA) is 99.1 Å². The molecular weight excluding hydrogens is 382 g/mol. The van der Waals surface area contributed by atoms with Gasteiger partial charge in [0.25, 0.3) is 18.8 Å². The average molecular weight is 397 g/mol. The van der Waals surface area contributed by atoms with E-state index >= 15 is 0 Å². The predicted molar refractivity (Wildman–Crippen MR) is 109 cm³/mol. The van der Waals surface area contributed by atoms with E-state index in [1.54, 1.807) is 55.2 Å². The second-order valence-electron chi connectivity index (χ2n) is 6.28. The van der Waals surface area contributed by atoms with E-state index in [-0.39, 0.29) is 0 Å². The minimum atomic E-state index is -2.43. The molecule has 0 radical (unpaired) electrons. The lowest BCUT2D eigenvalue weighted by molar-refractivity contribution is 0.507. The molecule has 3 rings (SSSR count). The van der Waals surface area contributed by atoms with Crippen LogP contribution < -0.4 is 29.8 Å². The average Bonchev–Trinajstić information content (AvgIpc) is 2.75. The van der Waals surface area contributed by atoms with Crippen molar-refractivity contribution in [2.75, 3.05) is 0 Å². The zero-order valence-corrected chi connectivity index (χ0v) is 16.5. The lowest BCUT2D eigenvalue weighted by Gasteiger charge is -2.29. The Balaban J connectivity index is 2.11. The van der Waals surface area contributed by atoms with Gasteiger partial charge in [-0.3, -0.25) is 0 Å². The standard InChI is InChI=1S/C22H15N3O3Si/c1-29(20-8-2-17(3-9-20)26-14-23,21-10-4-18(5-11-21)27-15-24)22-12-6-19(7-13-22)28-16-25/h2-13H,1H3. The van der Waals surface area contributed by atoms with Crippen molar-refractivity contribution < 1.29 is 14.2 Å². The molecule has 6 nitrogen and oxygen atoms in total. The first-order valence-corrected chi connectivity index (χ1v) is 11.1.